The number of hydrogen-bond acceptors (Lipinski definition) is 4. The highest BCUT2D eigenvalue weighted by Crippen LogP contribution is 2.19. The van der Waals surface area contributed by atoms with Gasteiger partial charge in [-0.25, -0.2) is 9.78 Å². The second kappa shape index (κ2) is 7.57. The molecule has 1 aromatic rings. The van der Waals surface area contributed by atoms with Gasteiger partial charge in [-0.05, 0) is 45.7 Å². The lowest BCUT2D eigenvalue weighted by molar-refractivity contribution is 0.0199. The van der Waals surface area contributed by atoms with Crippen LogP contribution < -0.4 is 5.32 Å². The maximum absolute atomic E-state index is 12.3. The van der Waals surface area contributed by atoms with E-state index in [1.165, 1.54) is 12.1 Å². The topological polar surface area (TPSA) is 71.5 Å². The summed E-state index contributed by atoms with van der Waals surface area (Å²) in [6, 6.07) is 3.02. The van der Waals surface area contributed by atoms with Gasteiger partial charge in [-0.15, -0.1) is 0 Å². The average Bonchev–Trinajstić information content (AvgIpc) is 2.48. The summed E-state index contributed by atoms with van der Waals surface area (Å²) in [6.45, 7) is 6.55. The first-order valence-electron chi connectivity index (χ1n) is 7.76. The minimum atomic E-state index is -0.517. The summed E-state index contributed by atoms with van der Waals surface area (Å²) in [6.07, 6.45) is 0.957. The molecule has 6 nitrogen and oxygen atoms in total. The molecule has 1 saturated heterocycles. The Bertz CT molecular complexity index is 623. The van der Waals surface area contributed by atoms with E-state index in [-0.39, 0.29) is 33.9 Å². The van der Waals surface area contributed by atoms with Crippen LogP contribution >= 0.6 is 23.2 Å². The van der Waals surface area contributed by atoms with Gasteiger partial charge in [-0.1, -0.05) is 23.2 Å². The number of halogens is 2. The second-order valence-corrected chi connectivity index (χ2v) is 7.47. The molecule has 0 spiro atoms. The molecule has 0 aromatic carbocycles. The first-order chi connectivity index (χ1) is 11.2. The average molecular weight is 374 g/mol. The summed E-state index contributed by atoms with van der Waals surface area (Å²) in [5.74, 6) is -0.363. The zero-order valence-electron chi connectivity index (χ0n) is 13.9. The highest BCUT2D eigenvalue weighted by molar-refractivity contribution is 6.34. The normalized spacial score (nSPS) is 16.0. The first-order valence-corrected chi connectivity index (χ1v) is 8.52. The molecule has 0 aliphatic carbocycles. The van der Waals surface area contributed by atoms with Crippen LogP contribution in [-0.4, -0.2) is 46.6 Å². The largest absolute Gasteiger partial charge is 0.444 e. The highest BCUT2D eigenvalue weighted by atomic mass is 35.5. The number of ether oxygens (including phenoxy) is 1. The zero-order chi connectivity index (χ0) is 17.9. The number of aromatic nitrogens is 1. The molecule has 1 aliphatic heterocycles. The van der Waals surface area contributed by atoms with Crippen LogP contribution in [0.15, 0.2) is 12.1 Å². The fourth-order valence-electron chi connectivity index (χ4n) is 2.36. The van der Waals surface area contributed by atoms with Gasteiger partial charge in [0.25, 0.3) is 5.91 Å². The molecule has 2 rings (SSSR count). The quantitative estimate of drug-likeness (QED) is 0.804. The minimum absolute atomic E-state index is 0.0481. The third-order valence-electron chi connectivity index (χ3n) is 3.51. The van der Waals surface area contributed by atoms with Crippen LogP contribution in [0.2, 0.25) is 10.2 Å². The van der Waals surface area contributed by atoms with Gasteiger partial charge in [0.1, 0.15) is 16.4 Å². The SMILES string of the molecule is CC(C)(C)OC(=O)N1CCC(NC(=O)c2nc(Cl)ccc2Cl)CC1. The molecule has 0 bridgehead atoms. The number of hydrogen-bond donors (Lipinski definition) is 1. The monoisotopic (exact) mass is 373 g/mol. The number of rotatable bonds is 2. The number of pyridine rings is 1. The van der Waals surface area contributed by atoms with E-state index in [4.69, 9.17) is 27.9 Å². The molecule has 132 valence electrons. The summed E-state index contributed by atoms with van der Waals surface area (Å²) < 4.78 is 5.35. The van der Waals surface area contributed by atoms with Crippen LogP contribution in [0.3, 0.4) is 0 Å². The van der Waals surface area contributed by atoms with Gasteiger partial charge < -0.3 is 15.0 Å². The van der Waals surface area contributed by atoms with Gasteiger partial charge in [0.15, 0.2) is 0 Å². The number of amides is 2. The van der Waals surface area contributed by atoms with Gasteiger partial charge in [-0.2, -0.15) is 0 Å². The number of piperidine rings is 1. The van der Waals surface area contributed by atoms with Gasteiger partial charge in [0.2, 0.25) is 0 Å². The van der Waals surface area contributed by atoms with Crippen molar-refractivity contribution in [3.8, 4) is 0 Å². The molecule has 8 heteroatoms. The lowest BCUT2D eigenvalue weighted by atomic mass is 10.1. The molecule has 1 aromatic heterocycles. The lowest BCUT2D eigenvalue weighted by Crippen LogP contribution is -2.47. The molecule has 0 atom stereocenters. The van der Waals surface area contributed by atoms with Crippen molar-refractivity contribution in [1.82, 2.24) is 15.2 Å². The van der Waals surface area contributed by atoms with Crippen LogP contribution in [0, 0.1) is 0 Å². The van der Waals surface area contributed by atoms with Crippen molar-refractivity contribution in [3.05, 3.63) is 28.0 Å². The lowest BCUT2D eigenvalue weighted by Gasteiger charge is -2.33. The van der Waals surface area contributed by atoms with Gasteiger partial charge in [0, 0.05) is 19.1 Å². The van der Waals surface area contributed by atoms with Crippen molar-refractivity contribution in [2.45, 2.75) is 45.3 Å². The maximum Gasteiger partial charge on any atom is 0.410 e. The molecule has 24 heavy (non-hydrogen) atoms. The van der Waals surface area contributed by atoms with Crippen LogP contribution in [0.1, 0.15) is 44.1 Å². The Hall–Kier alpha value is -1.53. The Balaban J connectivity index is 1.88. The van der Waals surface area contributed by atoms with Gasteiger partial charge in [0.05, 0.1) is 5.02 Å². The van der Waals surface area contributed by atoms with Crippen molar-refractivity contribution in [3.63, 3.8) is 0 Å². The summed E-state index contributed by atoms with van der Waals surface area (Å²) in [4.78, 5) is 29.9. The number of nitrogens with one attached hydrogen (secondary N) is 1. The number of likely N-dealkylation sites (tertiary alicyclic amines) is 1. The Labute approximate surface area is 151 Å². The maximum atomic E-state index is 12.3. The summed E-state index contributed by atoms with van der Waals surface area (Å²) in [5, 5.41) is 3.35. The van der Waals surface area contributed by atoms with Crippen molar-refractivity contribution < 1.29 is 14.3 Å². The molecule has 0 unspecified atom stereocenters. The molecule has 1 N–H and O–H groups in total. The minimum Gasteiger partial charge on any atom is -0.444 e. The Morgan fingerprint density at radius 2 is 1.88 bits per heavy atom. The predicted octanol–water partition coefficient (Wildman–Crippen LogP) is 3.52. The van der Waals surface area contributed by atoms with Crippen molar-refractivity contribution in [2.24, 2.45) is 0 Å². The van der Waals surface area contributed by atoms with E-state index in [1.807, 2.05) is 20.8 Å². The predicted molar refractivity (Wildman–Crippen MR) is 92.6 cm³/mol. The van der Waals surface area contributed by atoms with Crippen molar-refractivity contribution >= 4 is 35.2 Å². The Kier molecular flexibility index (Phi) is 5.93. The van der Waals surface area contributed by atoms with E-state index in [1.54, 1.807) is 4.90 Å². The standard InChI is InChI=1S/C16H21Cl2N3O3/c1-16(2,3)24-15(23)21-8-6-10(7-9-21)19-14(22)13-11(17)4-5-12(18)20-13/h4-5,10H,6-9H2,1-3H3,(H,19,22). The van der Waals surface area contributed by atoms with Crippen LogP contribution in [0.25, 0.3) is 0 Å². The van der Waals surface area contributed by atoms with E-state index in [2.05, 4.69) is 10.3 Å². The molecule has 2 amide bonds. The third kappa shape index (κ3) is 5.24. The molecule has 1 fully saturated rings. The Morgan fingerprint density at radius 1 is 1.25 bits per heavy atom. The fourth-order valence-corrected chi connectivity index (χ4v) is 2.70. The van der Waals surface area contributed by atoms with Crippen LogP contribution in [-0.2, 0) is 4.74 Å². The van der Waals surface area contributed by atoms with Gasteiger partial charge in [-0.3, -0.25) is 4.79 Å². The van der Waals surface area contributed by atoms with Crippen molar-refractivity contribution in [2.75, 3.05) is 13.1 Å². The van der Waals surface area contributed by atoms with Crippen molar-refractivity contribution in [1.29, 1.82) is 0 Å². The number of carbonyl (C=O) groups is 2. The van der Waals surface area contributed by atoms with E-state index < -0.39 is 5.60 Å². The Morgan fingerprint density at radius 3 is 2.46 bits per heavy atom. The van der Waals surface area contributed by atoms with Crippen LogP contribution in [0.4, 0.5) is 4.79 Å². The molecular weight excluding hydrogens is 353 g/mol. The number of carbonyl (C=O) groups excluding carboxylic acids is 2. The second-order valence-electron chi connectivity index (χ2n) is 6.68. The summed E-state index contributed by atoms with van der Waals surface area (Å²) in [7, 11) is 0. The van der Waals surface area contributed by atoms with E-state index >= 15 is 0 Å². The molecular formula is C16H21Cl2N3O3. The summed E-state index contributed by atoms with van der Waals surface area (Å²) >= 11 is 11.8. The first kappa shape index (κ1) is 18.8. The van der Waals surface area contributed by atoms with E-state index in [0.717, 1.165) is 0 Å². The number of nitrogens with zero attached hydrogens (tertiary/aromatic N) is 2. The summed E-state index contributed by atoms with van der Waals surface area (Å²) in [5.41, 5.74) is -0.407. The van der Waals surface area contributed by atoms with Gasteiger partial charge >= 0.3 is 6.09 Å². The van der Waals surface area contributed by atoms with E-state index in [9.17, 15) is 9.59 Å². The molecule has 0 saturated carbocycles. The van der Waals surface area contributed by atoms with E-state index in [0.29, 0.717) is 25.9 Å². The zero-order valence-corrected chi connectivity index (χ0v) is 15.4. The molecule has 2 heterocycles. The smallest absolute Gasteiger partial charge is 0.410 e. The van der Waals surface area contributed by atoms with Crippen LogP contribution in [0.5, 0.6) is 0 Å². The molecule has 1 aliphatic rings. The molecule has 0 radical (unpaired) electrons. The highest BCUT2D eigenvalue weighted by Gasteiger charge is 2.28. The fraction of sp³-hybridized carbons (Fsp3) is 0.562. The third-order valence-corrected chi connectivity index (χ3v) is 4.02.